The number of imidazole rings is 1. The summed E-state index contributed by atoms with van der Waals surface area (Å²) in [5.74, 6) is 0.893. The van der Waals surface area contributed by atoms with E-state index in [9.17, 15) is 10.1 Å². The average molecular weight is 329 g/mol. The molecule has 0 aliphatic heterocycles. The van der Waals surface area contributed by atoms with Gasteiger partial charge in [0, 0.05) is 22.1 Å². The Hall–Kier alpha value is -2.67. The van der Waals surface area contributed by atoms with E-state index < -0.39 is 5.41 Å². The lowest BCUT2D eigenvalue weighted by atomic mass is 9.58. The van der Waals surface area contributed by atoms with Crippen LogP contribution in [0, 0.1) is 22.2 Å². The first-order valence-corrected chi connectivity index (χ1v) is 8.78. The van der Waals surface area contributed by atoms with Crippen molar-refractivity contribution in [2.75, 3.05) is 0 Å². The monoisotopic (exact) mass is 329 g/mol. The van der Waals surface area contributed by atoms with Crippen LogP contribution >= 0.6 is 0 Å². The quantitative estimate of drug-likeness (QED) is 0.867. The molecule has 1 aromatic heterocycles. The van der Waals surface area contributed by atoms with Crippen molar-refractivity contribution in [1.82, 2.24) is 9.97 Å². The third kappa shape index (κ3) is 1.52. The zero-order chi connectivity index (χ0) is 17.4. The van der Waals surface area contributed by atoms with E-state index in [2.05, 4.69) is 18.0 Å². The molecule has 2 aromatic rings. The number of nitriles is 1. The minimum atomic E-state index is -0.412. The van der Waals surface area contributed by atoms with Crippen LogP contribution in [0.1, 0.15) is 38.1 Å². The number of hydrogen-bond acceptors (Lipinski definition) is 3. The number of nitrogens with zero attached hydrogens (tertiary/aromatic N) is 2. The van der Waals surface area contributed by atoms with Crippen molar-refractivity contribution in [3.8, 4) is 17.5 Å². The number of Topliss-reactive ketones (excluding diaryl/α,β-unsaturated/α-hetero) is 1. The lowest BCUT2D eigenvalue weighted by Gasteiger charge is -2.44. The van der Waals surface area contributed by atoms with Gasteiger partial charge in [0.2, 0.25) is 0 Å². The van der Waals surface area contributed by atoms with Gasteiger partial charge in [0.15, 0.2) is 5.78 Å². The van der Waals surface area contributed by atoms with Crippen molar-refractivity contribution in [3.63, 3.8) is 0 Å². The highest BCUT2D eigenvalue weighted by Crippen LogP contribution is 2.78. The molecule has 3 atom stereocenters. The molecule has 0 radical (unpaired) electrons. The van der Waals surface area contributed by atoms with Crippen LogP contribution in [0.5, 0.6) is 0 Å². The number of fused-ring (bicyclic) bond motifs is 2. The second-order valence-corrected chi connectivity index (χ2v) is 8.07. The molecule has 4 nitrogen and oxygen atoms in total. The molecular weight excluding hydrogens is 310 g/mol. The molecule has 1 spiro atoms. The summed E-state index contributed by atoms with van der Waals surface area (Å²) < 4.78 is 0. The van der Waals surface area contributed by atoms with Gasteiger partial charge in [-0.25, -0.2) is 4.98 Å². The Morgan fingerprint density at radius 3 is 2.72 bits per heavy atom. The summed E-state index contributed by atoms with van der Waals surface area (Å²) in [7, 11) is 0. The van der Waals surface area contributed by atoms with Gasteiger partial charge in [-0.05, 0) is 31.6 Å². The van der Waals surface area contributed by atoms with Crippen molar-refractivity contribution in [2.24, 2.45) is 10.8 Å². The standard InChI is InChI=1S/C21H19N3O/c1-19-10-14(11-22)17(25)20(2)12-21(19,20)9-8-15-16(19)24-18(23-15)13-6-4-3-5-7-13/h3-7,10H,8-9,12H2,1-2H3,(H,23,24)/t19-,20?,21+/m1/s1. The van der Waals surface area contributed by atoms with Gasteiger partial charge >= 0.3 is 0 Å². The lowest BCUT2D eigenvalue weighted by molar-refractivity contribution is -0.122. The van der Waals surface area contributed by atoms with E-state index in [1.165, 1.54) is 0 Å². The molecule has 0 saturated heterocycles. The fourth-order valence-electron chi connectivity index (χ4n) is 5.50. The third-order valence-corrected chi connectivity index (χ3v) is 7.00. The number of aromatic amines is 1. The number of allylic oxidation sites excluding steroid dienone is 2. The molecule has 3 aliphatic carbocycles. The zero-order valence-electron chi connectivity index (χ0n) is 14.4. The van der Waals surface area contributed by atoms with E-state index in [1.54, 1.807) is 0 Å². The van der Waals surface area contributed by atoms with E-state index in [1.807, 2.05) is 43.3 Å². The van der Waals surface area contributed by atoms with E-state index in [-0.39, 0.29) is 16.6 Å². The van der Waals surface area contributed by atoms with Crippen molar-refractivity contribution in [3.05, 3.63) is 53.4 Å². The Morgan fingerprint density at radius 1 is 1.24 bits per heavy atom. The van der Waals surface area contributed by atoms with Crippen LogP contribution in [-0.2, 0) is 16.6 Å². The van der Waals surface area contributed by atoms with Crippen molar-refractivity contribution in [2.45, 2.75) is 38.5 Å². The first kappa shape index (κ1) is 14.7. The molecule has 4 heteroatoms. The summed E-state index contributed by atoms with van der Waals surface area (Å²) >= 11 is 0. The van der Waals surface area contributed by atoms with Gasteiger partial charge < -0.3 is 4.98 Å². The molecule has 1 fully saturated rings. The number of aromatic nitrogens is 2. The number of nitrogens with one attached hydrogen (secondary N) is 1. The number of carbonyl (C=O) groups is 1. The van der Waals surface area contributed by atoms with Crippen molar-refractivity contribution in [1.29, 1.82) is 5.26 Å². The molecule has 1 unspecified atom stereocenters. The highest BCUT2D eigenvalue weighted by molar-refractivity contribution is 6.07. The first-order chi connectivity index (χ1) is 12.0. The molecule has 0 bridgehead atoms. The van der Waals surface area contributed by atoms with Crippen LogP contribution < -0.4 is 0 Å². The van der Waals surface area contributed by atoms with E-state index >= 15 is 0 Å². The summed E-state index contributed by atoms with van der Waals surface area (Å²) in [6, 6.07) is 12.2. The molecule has 3 aliphatic rings. The van der Waals surface area contributed by atoms with Crippen molar-refractivity contribution >= 4 is 5.78 Å². The molecule has 1 heterocycles. The van der Waals surface area contributed by atoms with E-state index in [0.29, 0.717) is 5.57 Å². The lowest BCUT2D eigenvalue weighted by Crippen LogP contribution is -2.45. The molecular formula is C21H19N3O. The maximum Gasteiger partial charge on any atom is 0.179 e. The number of carbonyl (C=O) groups excluding carboxylic acids is 1. The molecule has 124 valence electrons. The normalized spacial score (nSPS) is 35.1. The molecule has 1 saturated carbocycles. The number of hydrogen-bond donors (Lipinski definition) is 1. The molecule has 0 amide bonds. The SMILES string of the molecule is CC12C[C@]13CCc1[nH]c(-c4ccccc4)nc1[C@@]3(C)C=C(C#N)C2=O. The van der Waals surface area contributed by atoms with Gasteiger partial charge in [0.25, 0.3) is 0 Å². The predicted molar refractivity (Wildman–Crippen MR) is 93.6 cm³/mol. The van der Waals surface area contributed by atoms with Gasteiger partial charge in [-0.3, -0.25) is 4.79 Å². The fourth-order valence-corrected chi connectivity index (χ4v) is 5.50. The molecule has 5 rings (SSSR count). The van der Waals surface area contributed by atoms with Gasteiger partial charge in [0.1, 0.15) is 11.9 Å². The highest BCUT2D eigenvalue weighted by atomic mass is 16.1. The molecule has 1 aromatic carbocycles. The Labute approximate surface area is 146 Å². The first-order valence-electron chi connectivity index (χ1n) is 8.78. The molecule has 1 N–H and O–H groups in total. The summed E-state index contributed by atoms with van der Waals surface area (Å²) in [5, 5.41) is 9.48. The Morgan fingerprint density at radius 2 is 2.00 bits per heavy atom. The van der Waals surface area contributed by atoms with Crippen LogP contribution in [0.4, 0.5) is 0 Å². The van der Waals surface area contributed by atoms with Crippen LogP contribution in [-0.4, -0.2) is 15.8 Å². The second-order valence-electron chi connectivity index (χ2n) is 8.07. The maximum atomic E-state index is 12.7. The number of ketones is 1. The minimum absolute atomic E-state index is 0.0229. The number of rotatable bonds is 1. The fraction of sp³-hybridized carbons (Fsp3) is 0.381. The largest absolute Gasteiger partial charge is 0.342 e. The van der Waals surface area contributed by atoms with Crippen LogP contribution in [0.25, 0.3) is 11.4 Å². The highest BCUT2D eigenvalue weighted by Gasteiger charge is 2.78. The number of benzene rings is 1. The smallest absolute Gasteiger partial charge is 0.179 e. The number of aryl methyl sites for hydroxylation is 1. The van der Waals surface area contributed by atoms with Crippen LogP contribution in [0.15, 0.2) is 42.0 Å². The maximum absolute atomic E-state index is 12.7. The Balaban J connectivity index is 1.72. The summed E-state index contributed by atoms with van der Waals surface area (Å²) in [6.07, 6.45) is 4.62. The molecule has 25 heavy (non-hydrogen) atoms. The van der Waals surface area contributed by atoms with Crippen LogP contribution in [0.2, 0.25) is 0 Å². The Kier molecular flexibility index (Phi) is 2.51. The third-order valence-electron chi connectivity index (χ3n) is 7.00. The summed E-state index contributed by atoms with van der Waals surface area (Å²) in [6.45, 7) is 4.20. The van der Waals surface area contributed by atoms with Gasteiger partial charge in [-0.15, -0.1) is 0 Å². The Bertz CT molecular complexity index is 996. The summed E-state index contributed by atoms with van der Waals surface area (Å²) in [5.41, 5.74) is 2.65. The number of H-pyrrole nitrogens is 1. The van der Waals surface area contributed by atoms with Crippen molar-refractivity contribution < 1.29 is 4.79 Å². The average Bonchev–Trinajstić information content (AvgIpc) is 3.04. The predicted octanol–water partition coefficient (Wildman–Crippen LogP) is 3.71. The summed E-state index contributed by atoms with van der Waals surface area (Å²) in [4.78, 5) is 21.2. The van der Waals surface area contributed by atoms with Gasteiger partial charge in [0.05, 0.1) is 11.3 Å². The van der Waals surface area contributed by atoms with Gasteiger partial charge in [-0.1, -0.05) is 43.3 Å². The second kappa shape index (κ2) is 4.29. The topological polar surface area (TPSA) is 69.5 Å². The van der Waals surface area contributed by atoms with Crippen LogP contribution in [0.3, 0.4) is 0 Å². The minimum Gasteiger partial charge on any atom is -0.342 e. The van der Waals surface area contributed by atoms with Gasteiger partial charge in [-0.2, -0.15) is 5.26 Å². The van der Waals surface area contributed by atoms with E-state index in [0.717, 1.165) is 42.0 Å². The zero-order valence-corrected chi connectivity index (χ0v) is 14.4. The van der Waals surface area contributed by atoms with E-state index in [4.69, 9.17) is 4.98 Å².